The molecule has 0 amide bonds. The lowest BCUT2D eigenvalue weighted by molar-refractivity contribution is -0.0388. The van der Waals surface area contributed by atoms with E-state index in [0.29, 0.717) is 19.6 Å². The van der Waals surface area contributed by atoms with Gasteiger partial charge in [-0.2, -0.15) is 0 Å². The molecule has 1 rings (SSSR count). The van der Waals surface area contributed by atoms with Gasteiger partial charge in [-0.05, 0) is 24.6 Å². The monoisotopic (exact) mass is 243 g/mol. The molecular weight excluding hydrogens is 226 g/mol. The Kier molecular flexibility index (Phi) is 5.22. The maximum Gasteiger partial charge on any atom is 0.0817 e. The molecule has 3 N–H and O–H groups in total. The van der Waals surface area contributed by atoms with Crippen LogP contribution in [0.4, 0.5) is 0 Å². The summed E-state index contributed by atoms with van der Waals surface area (Å²) in [6.07, 6.45) is 0.709. The Morgan fingerprint density at radius 1 is 1.38 bits per heavy atom. The molecule has 0 heterocycles. The predicted octanol–water partition coefficient (Wildman–Crippen LogP) is 1.61. The summed E-state index contributed by atoms with van der Waals surface area (Å²) in [5.41, 5.74) is 6.38. The average molecular weight is 244 g/mol. The Balaban J connectivity index is 2.64. The maximum atomic E-state index is 8.74. The van der Waals surface area contributed by atoms with Gasteiger partial charge in [-0.3, -0.25) is 0 Å². The van der Waals surface area contributed by atoms with Crippen LogP contribution in [0.25, 0.3) is 0 Å². The van der Waals surface area contributed by atoms with Crippen LogP contribution in [0.2, 0.25) is 5.02 Å². The summed E-state index contributed by atoms with van der Waals surface area (Å²) < 4.78 is 5.55. The third-order valence-electron chi connectivity index (χ3n) is 2.46. The normalized spacial score (nSPS) is 14.8. The van der Waals surface area contributed by atoms with Crippen LogP contribution in [0.1, 0.15) is 12.5 Å². The summed E-state index contributed by atoms with van der Waals surface area (Å²) in [6.45, 7) is 2.67. The predicted molar refractivity (Wildman–Crippen MR) is 65.7 cm³/mol. The van der Waals surface area contributed by atoms with Crippen molar-refractivity contribution in [3.05, 3.63) is 34.9 Å². The van der Waals surface area contributed by atoms with E-state index in [9.17, 15) is 0 Å². The summed E-state index contributed by atoms with van der Waals surface area (Å²) in [6, 6.07) is 7.61. The lowest BCUT2D eigenvalue weighted by atomic mass is 9.96. The van der Waals surface area contributed by atoms with Gasteiger partial charge in [0.05, 0.1) is 18.8 Å². The molecule has 0 saturated heterocycles. The van der Waals surface area contributed by atoms with E-state index in [4.69, 9.17) is 27.2 Å². The van der Waals surface area contributed by atoms with Crippen LogP contribution in [0, 0.1) is 0 Å². The molecule has 4 heteroatoms. The van der Waals surface area contributed by atoms with E-state index >= 15 is 0 Å². The van der Waals surface area contributed by atoms with Gasteiger partial charge in [0.25, 0.3) is 0 Å². The lowest BCUT2D eigenvalue weighted by Gasteiger charge is -2.28. The third-order valence-corrected chi connectivity index (χ3v) is 2.72. The van der Waals surface area contributed by atoms with E-state index in [0.717, 1.165) is 10.6 Å². The second-order valence-electron chi connectivity index (χ2n) is 4.03. The number of aliphatic hydroxyl groups excluding tert-OH is 1. The highest BCUT2D eigenvalue weighted by atomic mass is 35.5. The summed E-state index contributed by atoms with van der Waals surface area (Å²) in [5.74, 6) is 0. The minimum absolute atomic E-state index is 0.0101. The van der Waals surface area contributed by atoms with Crippen molar-refractivity contribution in [3.63, 3.8) is 0 Å². The molecule has 0 aliphatic carbocycles. The van der Waals surface area contributed by atoms with Gasteiger partial charge in [0.2, 0.25) is 0 Å². The van der Waals surface area contributed by atoms with Crippen molar-refractivity contribution >= 4 is 11.6 Å². The van der Waals surface area contributed by atoms with E-state index in [-0.39, 0.29) is 6.61 Å². The van der Waals surface area contributed by atoms with Crippen LogP contribution in [0.5, 0.6) is 0 Å². The summed E-state index contributed by atoms with van der Waals surface area (Å²) in [5, 5.41) is 9.46. The molecule has 1 aromatic rings. The molecule has 3 nitrogen and oxygen atoms in total. The highest BCUT2D eigenvalue weighted by molar-refractivity contribution is 6.30. The Morgan fingerprint density at radius 2 is 2.00 bits per heavy atom. The van der Waals surface area contributed by atoms with Gasteiger partial charge < -0.3 is 15.6 Å². The second-order valence-corrected chi connectivity index (χ2v) is 4.47. The molecule has 1 atom stereocenters. The first-order valence-corrected chi connectivity index (χ1v) is 5.67. The van der Waals surface area contributed by atoms with Crippen LogP contribution >= 0.6 is 11.6 Å². The number of hydrogen-bond donors (Lipinski definition) is 2. The molecular formula is C12H18ClNO2. The molecule has 0 bridgehead atoms. The molecule has 90 valence electrons. The van der Waals surface area contributed by atoms with E-state index < -0.39 is 5.60 Å². The Hall–Kier alpha value is -0.610. The standard InChI is InChI=1S/C12H18ClNO2/c1-12(9-14,16-7-6-15)8-10-2-4-11(13)5-3-10/h2-5,15H,6-9,14H2,1H3. The number of ether oxygens (including phenoxy) is 1. The number of benzene rings is 1. The van der Waals surface area contributed by atoms with Gasteiger partial charge in [-0.1, -0.05) is 23.7 Å². The van der Waals surface area contributed by atoms with Crippen LogP contribution in [-0.4, -0.2) is 30.5 Å². The molecule has 0 aliphatic rings. The van der Waals surface area contributed by atoms with Crippen LogP contribution in [-0.2, 0) is 11.2 Å². The molecule has 16 heavy (non-hydrogen) atoms. The van der Waals surface area contributed by atoms with Crippen molar-refractivity contribution in [3.8, 4) is 0 Å². The Bertz CT molecular complexity index is 315. The number of aliphatic hydroxyl groups is 1. The van der Waals surface area contributed by atoms with Gasteiger partial charge in [0.1, 0.15) is 0 Å². The van der Waals surface area contributed by atoms with E-state index in [1.54, 1.807) is 0 Å². The van der Waals surface area contributed by atoms with E-state index in [1.165, 1.54) is 0 Å². The van der Waals surface area contributed by atoms with Gasteiger partial charge in [0, 0.05) is 18.0 Å². The molecule has 1 unspecified atom stereocenters. The average Bonchev–Trinajstić information content (AvgIpc) is 2.30. The highest BCUT2D eigenvalue weighted by Gasteiger charge is 2.23. The van der Waals surface area contributed by atoms with E-state index in [2.05, 4.69) is 0 Å². The van der Waals surface area contributed by atoms with Crippen molar-refractivity contribution in [2.75, 3.05) is 19.8 Å². The SMILES string of the molecule is CC(CN)(Cc1ccc(Cl)cc1)OCCO. The second kappa shape index (κ2) is 6.21. The smallest absolute Gasteiger partial charge is 0.0817 e. The number of nitrogens with two attached hydrogens (primary N) is 1. The molecule has 0 aromatic heterocycles. The molecule has 0 aliphatic heterocycles. The minimum atomic E-state index is -0.434. The quantitative estimate of drug-likeness (QED) is 0.798. The van der Waals surface area contributed by atoms with Crippen LogP contribution in [0.3, 0.4) is 0 Å². The summed E-state index contributed by atoms with van der Waals surface area (Å²) >= 11 is 5.81. The first kappa shape index (κ1) is 13.5. The third kappa shape index (κ3) is 4.10. The van der Waals surface area contributed by atoms with Gasteiger partial charge >= 0.3 is 0 Å². The van der Waals surface area contributed by atoms with E-state index in [1.807, 2.05) is 31.2 Å². The fourth-order valence-electron chi connectivity index (χ4n) is 1.51. The molecule has 0 spiro atoms. The first-order valence-electron chi connectivity index (χ1n) is 5.29. The number of rotatable bonds is 6. The summed E-state index contributed by atoms with van der Waals surface area (Å²) in [4.78, 5) is 0. The Morgan fingerprint density at radius 3 is 2.50 bits per heavy atom. The fraction of sp³-hybridized carbons (Fsp3) is 0.500. The van der Waals surface area contributed by atoms with Crippen molar-refractivity contribution in [2.24, 2.45) is 5.73 Å². The zero-order chi connectivity index (χ0) is 12.0. The fourth-order valence-corrected chi connectivity index (χ4v) is 1.63. The van der Waals surface area contributed by atoms with Crippen LogP contribution in [0.15, 0.2) is 24.3 Å². The van der Waals surface area contributed by atoms with Crippen molar-refractivity contribution in [2.45, 2.75) is 18.9 Å². The van der Waals surface area contributed by atoms with Crippen molar-refractivity contribution < 1.29 is 9.84 Å². The number of hydrogen-bond acceptors (Lipinski definition) is 3. The highest BCUT2D eigenvalue weighted by Crippen LogP contribution is 2.18. The molecule has 0 saturated carbocycles. The van der Waals surface area contributed by atoms with Crippen LogP contribution < -0.4 is 5.73 Å². The molecule has 0 radical (unpaired) electrons. The van der Waals surface area contributed by atoms with Gasteiger partial charge in [-0.15, -0.1) is 0 Å². The largest absolute Gasteiger partial charge is 0.394 e. The van der Waals surface area contributed by atoms with Gasteiger partial charge in [0.15, 0.2) is 0 Å². The zero-order valence-corrected chi connectivity index (χ0v) is 10.2. The minimum Gasteiger partial charge on any atom is -0.394 e. The number of halogens is 1. The molecule has 0 fully saturated rings. The Labute approximate surface area is 101 Å². The zero-order valence-electron chi connectivity index (χ0n) is 9.45. The lowest BCUT2D eigenvalue weighted by Crippen LogP contribution is -2.40. The topological polar surface area (TPSA) is 55.5 Å². The molecule has 1 aromatic carbocycles. The first-order chi connectivity index (χ1) is 7.59. The van der Waals surface area contributed by atoms with Gasteiger partial charge in [-0.25, -0.2) is 0 Å². The summed E-state index contributed by atoms with van der Waals surface area (Å²) in [7, 11) is 0. The maximum absolute atomic E-state index is 8.74. The van der Waals surface area contributed by atoms with Crippen molar-refractivity contribution in [1.82, 2.24) is 0 Å². The van der Waals surface area contributed by atoms with Crippen molar-refractivity contribution in [1.29, 1.82) is 0 Å².